The van der Waals surface area contributed by atoms with Gasteiger partial charge >= 0.3 is 5.97 Å². The fraction of sp³-hybridized carbons (Fsp3) is 0.438. The summed E-state index contributed by atoms with van der Waals surface area (Å²) in [5, 5.41) is 8.88. The Morgan fingerprint density at radius 1 is 1.32 bits per heavy atom. The van der Waals surface area contributed by atoms with E-state index >= 15 is 0 Å². The number of halogens is 2. The van der Waals surface area contributed by atoms with Crippen LogP contribution in [0.1, 0.15) is 18.9 Å². The van der Waals surface area contributed by atoms with Crippen LogP contribution in [0.15, 0.2) is 18.2 Å². The number of aliphatic carboxylic acids is 1. The van der Waals surface area contributed by atoms with Crippen LogP contribution in [0.5, 0.6) is 0 Å². The van der Waals surface area contributed by atoms with Crippen LogP contribution in [0.2, 0.25) is 0 Å². The lowest BCUT2D eigenvalue weighted by Crippen LogP contribution is -2.48. The van der Waals surface area contributed by atoms with Gasteiger partial charge in [0.25, 0.3) is 0 Å². The fourth-order valence-corrected chi connectivity index (χ4v) is 3.73. The third kappa shape index (κ3) is 4.91. The molecule has 9 heteroatoms. The minimum absolute atomic E-state index is 0.0593. The largest absolute Gasteiger partial charge is 0.481 e. The minimum Gasteiger partial charge on any atom is -0.481 e. The number of carbonyl (C=O) groups excluding carboxylic acids is 2. The minimum atomic E-state index is -1.08. The number of hydrogen-bond acceptors (Lipinski definition) is 4. The van der Waals surface area contributed by atoms with Crippen LogP contribution in [0.25, 0.3) is 0 Å². The average Bonchev–Trinajstić information content (AvgIpc) is 3.03. The first-order valence-corrected chi connectivity index (χ1v) is 8.74. The molecule has 25 heavy (non-hydrogen) atoms. The molecule has 1 aromatic carbocycles. The van der Waals surface area contributed by atoms with E-state index in [2.05, 4.69) is 0 Å². The highest BCUT2D eigenvalue weighted by atomic mass is 32.2. The van der Waals surface area contributed by atoms with Crippen LogP contribution >= 0.6 is 11.8 Å². The maximum Gasteiger partial charge on any atom is 0.305 e. The van der Waals surface area contributed by atoms with Crippen molar-refractivity contribution < 1.29 is 28.3 Å². The number of thioether (sulfide) groups is 1. The number of rotatable bonds is 6. The Balaban J connectivity index is 2.19. The molecule has 0 bridgehead atoms. The smallest absolute Gasteiger partial charge is 0.305 e. The lowest BCUT2D eigenvalue weighted by atomic mass is 10.1. The summed E-state index contributed by atoms with van der Waals surface area (Å²) in [5.74, 6) is -2.94. The third-order valence-electron chi connectivity index (χ3n) is 3.84. The van der Waals surface area contributed by atoms with E-state index in [1.165, 1.54) is 34.6 Å². The zero-order valence-corrected chi connectivity index (χ0v) is 14.4. The van der Waals surface area contributed by atoms with Crippen LogP contribution in [0, 0.1) is 11.6 Å². The molecule has 1 saturated heterocycles. The molecule has 1 heterocycles. The SMILES string of the molecule is CC(=O)N1CSC[C@H]1C(=O)N(CCC(=O)O)Cc1ccc(F)c(F)c1. The van der Waals surface area contributed by atoms with Gasteiger partial charge in [0.1, 0.15) is 6.04 Å². The molecular formula is C16H18F2N2O4S. The molecule has 1 N–H and O–H groups in total. The highest BCUT2D eigenvalue weighted by Crippen LogP contribution is 2.23. The summed E-state index contributed by atoms with van der Waals surface area (Å²) < 4.78 is 26.4. The molecule has 2 rings (SSSR count). The van der Waals surface area contributed by atoms with Gasteiger partial charge in [0.2, 0.25) is 11.8 Å². The fourth-order valence-electron chi connectivity index (χ4n) is 2.52. The zero-order chi connectivity index (χ0) is 18.6. The number of hydrogen-bond donors (Lipinski definition) is 1. The van der Waals surface area contributed by atoms with Crippen molar-refractivity contribution in [1.82, 2.24) is 9.80 Å². The van der Waals surface area contributed by atoms with Crippen molar-refractivity contribution >= 4 is 29.5 Å². The molecule has 0 saturated carbocycles. The number of carbonyl (C=O) groups is 3. The van der Waals surface area contributed by atoms with E-state index in [0.717, 1.165) is 12.1 Å². The van der Waals surface area contributed by atoms with Gasteiger partial charge in [-0.05, 0) is 17.7 Å². The Kier molecular flexibility index (Phi) is 6.35. The van der Waals surface area contributed by atoms with E-state index < -0.39 is 29.6 Å². The number of amides is 2. The second kappa shape index (κ2) is 8.28. The van der Waals surface area contributed by atoms with Crippen molar-refractivity contribution in [3.8, 4) is 0 Å². The molecule has 1 aliphatic rings. The predicted octanol–water partition coefficient (Wildman–Crippen LogP) is 1.69. The summed E-state index contributed by atoms with van der Waals surface area (Å²) in [4.78, 5) is 38.0. The number of nitrogens with zero attached hydrogens (tertiary/aromatic N) is 2. The molecule has 136 valence electrons. The summed E-state index contributed by atoms with van der Waals surface area (Å²) in [6.07, 6.45) is -0.282. The van der Waals surface area contributed by atoms with E-state index in [1.54, 1.807) is 0 Å². The van der Waals surface area contributed by atoms with E-state index in [-0.39, 0.29) is 25.4 Å². The Labute approximate surface area is 147 Å². The lowest BCUT2D eigenvalue weighted by Gasteiger charge is -2.29. The maximum atomic E-state index is 13.4. The van der Waals surface area contributed by atoms with Gasteiger partial charge in [-0.2, -0.15) is 0 Å². The normalized spacial score (nSPS) is 16.8. The topological polar surface area (TPSA) is 77.9 Å². The first-order chi connectivity index (χ1) is 11.8. The van der Waals surface area contributed by atoms with Crippen molar-refractivity contribution in [2.24, 2.45) is 0 Å². The van der Waals surface area contributed by atoms with E-state index in [1.807, 2.05) is 0 Å². The summed E-state index contributed by atoms with van der Waals surface area (Å²) in [5.41, 5.74) is 0.345. The van der Waals surface area contributed by atoms with Crippen molar-refractivity contribution in [1.29, 1.82) is 0 Å². The monoisotopic (exact) mass is 372 g/mol. The Morgan fingerprint density at radius 2 is 2.04 bits per heavy atom. The van der Waals surface area contributed by atoms with Gasteiger partial charge < -0.3 is 14.9 Å². The van der Waals surface area contributed by atoms with Crippen LogP contribution in [0.3, 0.4) is 0 Å². The standard InChI is InChI=1S/C16H18F2N2O4S/c1-10(21)20-9-25-8-14(20)16(24)19(5-4-15(22)23)7-11-2-3-12(17)13(18)6-11/h2-3,6,14H,4-5,7-9H2,1H3,(H,22,23)/t14-/m0/s1. The lowest BCUT2D eigenvalue weighted by molar-refractivity contribution is -0.144. The molecule has 1 atom stereocenters. The molecule has 0 radical (unpaired) electrons. The van der Waals surface area contributed by atoms with E-state index in [9.17, 15) is 23.2 Å². The molecule has 0 unspecified atom stereocenters. The van der Waals surface area contributed by atoms with Gasteiger partial charge in [-0.15, -0.1) is 11.8 Å². The Bertz CT molecular complexity index is 686. The molecule has 6 nitrogen and oxygen atoms in total. The van der Waals surface area contributed by atoms with Gasteiger partial charge in [0.15, 0.2) is 11.6 Å². The van der Waals surface area contributed by atoms with Gasteiger partial charge in [0, 0.05) is 25.8 Å². The highest BCUT2D eigenvalue weighted by molar-refractivity contribution is 7.99. The number of carboxylic acid groups (broad SMARTS) is 1. The second-order valence-electron chi connectivity index (χ2n) is 5.66. The van der Waals surface area contributed by atoms with Gasteiger partial charge in [-0.1, -0.05) is 6.07 Å². The van der Waals surface area contributed by atoms with E-state index in [4.69, 9.17) is 5.11 Å². The molecule has 0 aromatic heterocycles. The molecule has 1 fully saturated rings. The summed E-state index contributed by atoms with van der Waals surface area (Å²) in [6.45, 7) is 1.22. The van der Waals surface area contributed by atoms with Gasteiger partial charge in [0.05, 0.1) is 12.3 Å². The van der Waals surface area contributed by atoms with Crippen molar-refractivity contribution in [3.05, 3.63) is 35.4 Å². The van der Waals surface area contributed by atoms with Crippen LogP contribution < -0.4 is 0 Å². The Morgan fingerprint density at radius 3 is 2.64 bits per heavy atom. The molecule has 1 aromatic rings. The molecular weight excluding hydrogens is 354 g/mol. The number of carboxylic acids is 1. The molecule has 1 aliphatic heterocycles. The Hall–Kier alpha value is -2.16. The molecule has 0 aliphatic carbocycles. The van der Waals surface area contributed by atoms with E-state index in [0.29, 0.717) is 17.2 Å². The molecule has 2 amide bonds. The van der Waals surface area contributed by atoms with Crippen molar-refractivity contribution in [2.75, 3.05) is 18.2 Å². The first kappa shape index (κ1) is 19.2. The van der Waals surface area contributed by atoms with Crippen LogP contribution in [-0.2, 0) is 20.9 Å². The van der Waals surface area contributed by atoms with Crippen molar-refractivity contribution in [3.63, 3.8) is 0 Å². The van der Waals surface area contributed by atoms with Crippen molar-refractivity contribution in [2.45, 2.75) is 25.9 Å². The zero-order valence-electron chi connectivity index (χ0n) is 13.6. The number of benzene rings is 1. The summed E-state index contributed by atoms with van der Waals surface area (Å²) in [7, 11) is 0. The predicted molar refractivity (Wildman–Crippen MR) is 87.7 cm³/mol. The van der Waals surface area contributed by atoms with Crippen LogP contribution in [-0.4, -0.2) is 56.9 Å². The van der Waals surface area contributed by atoms with Gasteiger partial charge in [-0.3, -0.25) is 14.4 Å². The van der Waals surface area contributed by atoms with Crippen LogP contribution in [0.4, 0.5) is 8.78 Å². The summed E-state index contributed by atoms with van der Waals surface area (Å²) in [6, 6.07) is 2.59. The third-order valence-corrected chi connectivity index (χ3v) is 4.85. The summed E-state index contributed by atoms with van der Waals surface area (Å²) >= 11 is 1.43. The first-order valence-electron chi connectivity index (χ1n) is 7.59. The van der Waals surface area contributed by atoms with Gasteiger partial charge in [-0.25, -0.2) is 8.78 Å². The second-order valence-corrected chi connectivity index (χ2v) is 6.66. The quantitative estimate of drug-likeness (QED) is 0.822. The average molecular weight is 372 g/mol. The maximum absolute atomic E-state index is 13.4. The highest BCUT2D eigenvalue weighted by Gasteiger charge is 2.35. The molecule has 0 spiro atoms.